The maximum Gasteiger partial charge on any atom is 0.275 e. The molecule has 0 bridgehead atoms. The summed E-state index contributed by atoms with van der Waals surface area (Å²) in [6, 6.07) is 19.4. The molecule has 0 radical (unpaired) electrons. The van der Waals surface area contributed by atoms with E-state index in [2.05, 4.69) is 26.5 Å². The molecule has 2 N–H and O–H groups in total. The molecule has 0 atom stereocenters. The Morgan fingerprint density at radius 1 is 1.14 bits per heavy atom. The fourth-order valence-electron chi connectivity index (χ4n) is 2.55. The quantitative estimate of drug-likeness (QED) is 0.406. The number of carbonyl (C=O) groups is 1. The second kappa shape index (κ2) is 9.75. The monoisotopic (exact) mass is 454 g/mol. The topological polar surface area (TPSA) is 80.2 Å². The Hall–Kier alpha value is -3.32. The summed E-state index contributed by atoms with van der Waals surface area (Å²) < 4.78 is 11.9. The van der Waals surface area contributed by atoms with Crippen LogP contribution in [0.5, 0.6) is 17.2 Å². The van der Waals surface area contributed by atoms with Gasteiger partial charge in [0.1, 0.15) is 23.9 Å². The number of carbonyl (C=O) groups excluding carboxylic acids is 1. The maximum absolute atomic E-state index is 12.5. The summed E-state index contributed by atoms with van der Waals surface area (Å²) >= 11 is 3.43. The molecule has 3 aromatic carbocycles. The number of nitrogens with one attached hydrogen (secondary N) is 1. The van der Waals surface area contributed by atoms with Crippen molar-refractivity contribution in [2.45, 2.75) is 6.61 Å². The number of halogens is 1. The Bertz CT molecular complexity index is 1040. The first-order valence-corrected chi connectivity index (χ1v) is 9.53. The van der Waals surface area contributed by atoms with Crippen LogP contribution < -0.4 is 14.9 Å². The number of rotatable bonds is 7. The van der Waals surface area contributed by atoms with Crippen LogP contribution in [0.2, 0.25) is 0 Å². The lowest BCUT2D eigenvalue weighted by Gasteiger charge is -2.10. The number of amides is 1. The SMILES string of the molecule is COc1ccc(O)c(C=NNC(=O)c2ccccc2OCc2cccc(Br)c2)c1. The first kappa shape index (κ1) is 20.4. The molecule has 7 heteroatoms. The van der Waals surface area contributed by atoms with Crippen molar-refractivity contribution in [2.24, 2.45) is 5.10 Å². The molecule has 0 unspecified atom stereocenters. The van der Waals surface area contributed by atoms with E-state index in [0.29, 0.717) is 29.2 Å². The van der Waals surface area contributed by atoms with Crippen LogP contribution in [-0.4, -0.2) is 24.3 Å². The van der Waals surface area contributed by atoms with Gasteiger partial charge in [0.2, 0.25) is 0 Å². The molecule has 0 saturated carbocycles. The number of aromatic hydroxyl groups is 1. The Kier molecular flexibility index (Phi) is 6.86. The van der Waals surface area contributed by atoms with Crippen molar-refractivity contribution in [3.05, 3.63) is 87.9 Å². The smallest absolute Gasteiger partial charge is 0.275 e. The number of methoxy groups -OCH3 is 1. The lowest BCUT2D eigenvalue weighted by atomic mass is 10.2. The predicted molar refractivity (Wildman–Crippen MR) is 115 cm³/mol. The maximum atomic E-state index is 12.5. The minimum Gasteiger partial charge on any atom is -0.507 e. The average Bonchev–Trinajstić information content (AvgIpc) is 2.74. The first-order valence-electron chi connectivity index (χ1n) is 8.73. The summed E-state index contributed by atoms with van der Waals surface area (Å²) in [7, 11) is 1.53. The standard InChI is InChI=1S/C22H19BrN2O4/c1-28-18-9-10-20(26)16(12-18)13-24-25-22(27)19-7-2-3-8-21(19)29-14-15-5-4-6-17(23)11-15/h2-13,26H,14H2,1H3,(H,25,27). The van der Waals surface area contributed by atoms with Crippen LogP contribution in [0.1, 0.15) is 21.5 Å². The summed E-state index contributed by atoms with van der Waals surface area (Å²) in [4.78, 5) is 12.5. The minimum atomic E-state index is -0.423. The summed E-state index contributed by atoms with van der Waals surface area (Å²) in [5.74, 6) is 0.626. The molecule has 0 spiro atoms. The van der Waals surface area contributed by atoms with Gasteiger partial charge in [0.05, 0.1) is 18.9 Å². The number of para-hydroxylation sites is 1. The minimum absolute atomic E-state index is 0.0292. The van der Waals surface area contributed by atoms with Gasteiger partial charge in [-0.25, -0.2) is 5.43 Å². The molecule has 29 heavy (non-hydrogen) atoms. The average molecular weight is 455 g/mol. The number of phenols is 1. The van der Waals surface area contributed by atoms with E-state index in [9.17, 15) is 9.90 Å². The van der Waals surface area contributed by atoms with Gasteiger partial charge in [-0.15, -0.1) is 0 Å². The number of hydrogen-bond acceptors (Lipinski definition) is 5. The molecule has 0 heterocycles. The van der Waals surface area contributed by atoms with E-state index in [-0.39, 0.29) is 5.75 Å². The highest BCUT2D eigenvalue weighted by Crippen LogP contribution is 2.22. The van der Waals surface area contributed by atoms with Crippen LogP contribution in [0, 0.1) is 0 Å². The highest BCUT2D eigenvalue weighted by Gasteiger charge is 2.12. The molecular formula is C22H19BrN2O4. The van der Waals surface area contributed by atoms with Gasteiger partial charge in [-0.1, -0.05) is 40.2 Å². The summed E-state index contributed by atoms with van der Waals surface area (Å²) in [6.45, 7) is 0.324. The zero-order valence-corrected chi connectivity index (χ0v) is 17.2. The van der Waals surface area contributed by atoms with E-state index in [0.717, 1.165) is 10.0 Å². The first-order chi connectivity index (χ1) is 14.1. The van der Waals surface area contributed by atoms with Gasteiger partial charge >= 0.3 is 0 Å². The van der Waals surface area contributed by atoms with Crippen molar-refractivity contribution >= 4 is 28.1 Å². The van der Waals surface area contributed by atoms with Gasteiger partial charge in [-0.3, -0.25) is 4.79 Å². The number of hydrazone groups is 1. The molecule has 0 aliphatic carbocycles. The van der Waals surface area contributed by atoms with Crippen LogP contribution in [-0.2, 0) is 6.61 Å². The lowest BCUT2D eigenvalue weighted by Crippen LogP contribution is -2.18. The predicted octanol–water partition coefficient (Wildman–Crippen LogP) is 4.51. The van der Waals surface area contributed by atoms with E-state index in [1.807, 2.05) is 24.3 Å². The normalized spacial score (nSPS) is 10.7. The molecule has 0 aromatic heterocycles. The number of hydrogen-bond donors (Lipinski definition) is 2. The Labute approximate surface area is 176 Å². The van der Waals surface area contributed by atoms with Gasteiger partial charge < -0.3 is 14.6 Å². The van der Waals surface area contributed by atoms with Crippen molar-refractivity contribution in [1.29, 1.82) is 0 Å². The van der Waals surface area contributed by atoms with Crippen LogP contribution in [0.3, 0.4) is 0 Å². The number of benzene rings is 3. The highest BCUT2D eigenvalue weighted by atomic mass is 79.9. The largest absolute Gasteiger partial charge is 0.507 e. The summed E-state index contributed by atoms with van der Waals surface area (Å²) in [6.07, 6.45) is 1.35. The third-order valence-corrected chi connectivity index (χ3v) is 4.51. The third kappa shape index (κ3) is 5.58. The molecule has 0 fully saturated rings. The van der Waals surface area contributed by atoms with Gasteiger partial charge in [-0.2, -0.15) is 5.10 Å². The zero-order valence-electron chi connectivity index (χ0n) is 15.6. The van der Waals surface area contributed by atoms with Gasteiger partial charge in [0.25, 0.3) is 5.91 Å². The van der Waals surface area contributed by atoms with Crippen molar-refractivity contribution in [1.82, 2.24) is 5.43 Å². The van der Waals surface area contributed by atoms with Gasteiger partial charge in [0, 0.05) is 10.0 Å². The van der Waals surface area contributed by atoms with Gasteiger partial charge in [0.15, 0.2) is 0 Å². The number of nitrogens with zero attached hydrogens (tertiary/aromatic N) is 1. The van der Waals surface area contributed by atoms with Crippen molar-refractivity contribution in [3.63, 3.8) is 0 Å². The van der Waals surface area contributed by atoms with Crippen LogP contribution in [0.4, 0.5) is 0 Å². The van der Waals surface area contributed by atoms with E-state index >= 15 is 0 Å². The van der Waals surface area contributed by atoms with E-state index in [4.69, 9.17) is 9.47 Å². The second-order valence-corrected chi connectivity index (χ2v) is 6.95. The Morgan fingerprint density at radius 3 is 2.76 bits per heavy atom. The molecule has 1 amide bonds. The van der Waals surface area contributed by atoms with E-state index < -0.39 is 5.91 Å². The van der Waals surface area contributed by atoms with Gasteiger partial charge in [-0.05, 0) is 48.0 Å². The van der Waals surface area contributed by atoms with Crippen molar-refractivity contribution in [3.8, 4) is 17.2 Å². The third-order valence-electron chi connectivity index (χ3n) is 4.02. The molecule has 148 valence electrons. The Balaban J connectivity index is 1.68. The molecular weight excluding hydrogens is 436 g/mol. The zero-order chi connectivity index (χ0) is 20.6. The molecule has 0 aliphatic rings. The van der Waals surface area contributed by atoms with Crippen molar-refractivity contribution in [2.75, 3.05) is 7.11 Å². The number of ether oxygens (including phenoxy) is 2. The molecule has 0 saturated heterocycles. The van der Waals surface area contributed by atoms with E-state index in [1.165, 1.54) is 19.4 Å². The fraction of sp³-hybridized carbons (Fsp3) is 0.0909. The second-order valence-electron chi connectivity index (χ2n) is 6.04. The molecule has 3 rings (SSSR count). The lowest BCUT2D eigenvalue weighted by molar-refractivity contribution is 0.0950. The molecule has 0 aliphatic heterocycles. The summed E-state index contributed by atoms with van der Waals surface area (Å²) in [5.41, 5.74) is 4.20. The fourth-order valence-corrected chi connectivity index (χ4v) is 3.00. The number of phenolic OH excluding ortho intramolecular Hbond substituents is 1. The molecule has 3 aromatic rings. The molecule has 6 nitrogen and oxygen atoms in total. The van der Waals surface area contributed by atoms with Crippen molar-refractivity contribution < 1.29 is 19.4 Å². The Morgan fingerprint density at radius 2 is 1.97 bits per heavy atom. The highest BCUT2D eigenvalue weighted by molar-refractivity contribution is 9.10. The van der Waals surface area contributed by atoms with Crippen LogP contribution in [0.15, 0.2) is 76.3 Å². The van der Waals surface area contributed by atoms with E-state index in [1.54, 1.807) is 36.4 Å². The van der Waals surface area contributed by atoms with Crippen LogP contribution in [0.25, 0.3) is 0 Å². The van der Waals surface area contributed by atoms with Crippen LogP contribution >= 0.6 is 15.9 Å². The summed E-state index contributed by atoms with van der Waals surface area (Å²) in [5, 5.41) is 13.8.